The largest absolute Gasteiger partial charge is 0.459 e. The highest BCUT2D eigenvalue weighted by atomic mass is 16.4. The van der Waals surface area contributed by atoms with E-state index in [0.29, 0.717) is 23.9 Å². The summed E-state index contributed by atoms with van der Waals surface area (Å²) in [6.07, 6.45) is 10.2. The number of aromatic nitrogens is 5. The highest BCUT2D eigenvalue weighted by Crippen LogP contribution is 2.23. The van der Waals surface area contributed by atoms with Gasteiger partial charge < -0.3 is 13.4 Å². The molecule has 0 fully saturated rings. The van der Waals surface area contributed by atoms with Crippen molar-refractivity contribution in [2.45, 2.75) is 13.5 Å². The molecular weight excluding hydrogens is 294 g/mol. The second kappa shape index (κ2) is 5.53. The minimum atomic E-state index is 0.476. The molecule has 4 heterocycles. The molecule has 0 unspecified atom stereocenters. The van der Waals surface area contributed by atoms with Crippen molar-refractivity contribution in [2.75, 3.05) is 0 Å². The maximum absolute atomic E-state index is 5.69. The van der Waals surface area contributed by atoms with E-state index in [1.54, 1.807) is 37.1 Å². The Hall–Kier alpha value is -3.22. The van der Waals surface area contributed by atoms with Crippen molar-refractivity contribution in [3.05, 3.63) is 60.8 Å². The molecule has 114 valence electrons. The monoisotopic (exact) mass is 307 g/mol. The summed E-state index contributed by atoms with van der Waals surface area (Å²) in [6, 6.07) is 3.62. The Labute approximate surface area is 131 Å². The summed E-state index contributed by atoms with van der Waals surface area (Å²) in [7, 11) is 0. The van der Waals surface area contributed by atoms with Gasteiger partial charge in [0.2, 0.25) is 0 Å². The molecular formula is C16H13N5O2. The number of oxazole rings is 1. The standard InChI is InChI=1S/C16H13N5O2/c1-11-13(20-16(23-11)14-3-2-8-22-14)10-21-7-6-19-15(21)12-9-17-4-5-18-12/h2-9H,10H2,1H3. The maximum atomic E-state index is 5.69. The lowest BCUT2D eigenvalue weighted by Crippen LogP contribution is -2.03. The zero-order valence-corrected chi connectivity index (χ0v) is 12.4. The SMILES string of the molecule is Cc1oc(-c2ccco2)nc1Cn1ccnc1-c1cnccn1. The second-order valence-corrected chi connectivity index (χ2v) is 4.97. The predicted octanol–water partition coefficient (Wildman–Crippen LogP) is 2.94. The van der Waals surface area contributed by atoms with Gasteiger partial charge in [-0.25, -0.2) is 15.0 Å². The van der Waals surface area contributed by atoms with Crippen LogP contribution in [0.4, 0.5) is 0 Å². The van der Waals surface area contributed by atoms with E-state index in [4.69, 9.17) is 8.83 Å². The first kappa shape index (κ1) is 13.4. The third-order valence-corrected chi connectivity index (χ3v) is 3.45. The molecule has 0 aliphatic rings. The van der Waals surface area contributed by atoms with Crippen LogP contribution in [0.25, 0.3) is 23.2 Å². The smallest absolute Gasteiger partial charge is 0.263 e. The van der Waals surface area contributed by atoms with Gasteiger partial charge in [0.05, 0.1) is 19.0 Å². The van der Waals surface area contributed by atoms with E-state index in [0.717, 1.165) is 17.3 Å². The van der Waals surface area contributed by atoms with E-state index in [1.165, 1.54) is 0 Å². The van der Waals surface area contributed by atoms with Gasteiger partial charge in [-0.05, 0) is 19.1 Å². The lowest BCUT2D eigenvalue weighted by Gasteiger charge is -2.05. The first-order chi connectivity index (χ1) is 11.3. The van der Waals surface area contributed by atoms with Crippen LogP contribution >= 0.6 is 0 Å². The Balaban J connectivity index is 1.66. The molecule has 7 heteroatoms. The van der Waals surface area contributed by atoms with Gasteiger partial charge >= 0.3 is 0 Å². The topological polar surface area (TPSA) is 82.8 Å². The molecule has 0 aromatic carbocycles. The van der Waals surface area contributed by atoms with E-state index in [2.05, 4.69) is 19.9 Å². The van der Waals surface area contributed by atoms with Crippen LogP contribution in [-0.4, -0.2) is 24.5 Å². The van der Waals surface area contributed by atoms with Gasteiger partial charge in [0.15, 0.2) is 11.6 Å². The Kier molecular flexibility index (Phi) is 3.23. The number of imidazole rings is 1. The van der Waals surface area contributed by atoms with Crippen LogP contribution in [0.2, 0.25) is 0 Å². The Morgan fingerprint density at radius 2 is 2.13 bits per heavy atom. The van der Waals surface area contributed by atoms with Crippen LogP contribution in [0.1, 0.15) is 11.5 Å². The van der Waals surface area contributed by atoms with Crippen molar-refractivity contribution in [2.24, 2.45) is 0 Å². The van der Waals surface area contributed by atoms with Gasteiger partial charge in [-0.15, -0.1) is 0 Å². The molecule has 23 heavy (non-hydrogen) atoms. The van der Waals surface area contributed by atoms with Gasteiger partial charge in [0.1, 0.15) is 17.1 Å². The Bertz CT molecular complexity index is 909. The molecule has 4 rings (SSSR count). The molecule has 0 aliphatic heterocycles. The Morgan fingerprint density at radius 1 is 1.17 bits per heavy atom. The summed E-state index contributed by atoms with van der Waals surface area (Å²) >= 11 is 0. The van der Waals surface area contributed by atoms with Gasteiger partial charge in [-0.3, -0.25) is 4.98 Å². The van der Waals surface area contributed by atoms with Gasteiger partial charge in [0, 0.05) is 24.8 Å². The van der Waals surface area contributed by atoms with Crippen LogP contribution in [0.5, 0.6) is 0 Å². The molecule has 4 aromatic heterocycles. The predicted molar refractivity (Wildman–Crippen MR) is 81.3 cm³/mol. The fraction of sp³-hybridized carbons (Fsp3) is 0.125. The van der Waals surface area contributed by atoms with Crippen LogP contribution in [0.3, 0.4) is 0 Å². The lowest BCUT2D eigenvalue weighted by molar-refractivity contribution is 0.499. The zero-order valence-electron chi connectivity index (χ0n) is 12.4. The number of furan rings is 1. The van der Waals surface area contributed by atoms with Crippen molar-refractivity contribution in [3.63, 3.8) is 0 Å². The lowest BCUT2D eigenvalue weighted by atomic mass is 10.3. The summed E-state index contributed by atoms with van der Waals surface area (Å²) in [5.41, 5.74) is 1.53. The third kappa shape index (κ3) is 2.52. The summed E-state index contributed by atoms with van der Waals surface area (Å²) in [4.78, 5) is 17.2. The van der Waals surface area contributed by atoms with Crippen LogP contribution in [-0.2, 0) is 6.54 Å². The van der Waals surface area contributed by atoms with Gasteiger partial charge in [0.25, 0.3) is 5.89 Å². The number of nitrogens with zero attached hydrogens (tertiary/aromatic N) is 5. The minimum absolute atomic E-state index is 0.476. The summed E-state index contributed by atoms with van der Waals surface area (Å²) < 4.78 is 13.0. The van der Waals surface area contributed by atoms with Crippen LogP contribution in [0, 0.1) is 6.92 Å². The second-order valence-electron chi connectivity index (χ2n) is 4.97. The summed E-state index contributed by atoms with van der Waals surface area (Å²) in [5, 5.41) is 0. The maximum Gasteiger partial charge on any atom is 0.263 e. The van der Waals surface area contributed by atoms with Crippen LogP contribution in [0.15, 0.2) is 58.2 Å². The molecule has 4 aromatic rings. The van der Waals surface area contributed by atoms with Crippen molar-refractivity contribution in [3.8, 4) is 23.2 Å². The quantitative estimate of drug-likeness (QED) is 0.576. The normalized spacial score (nSPS) is 11.0. The van der Waals surface area contributed by atoms with Crippen molar-refractivity contribution in [1.82, 2.24) is 24.5 Å². The summed E-state index contributed by atoms with van der Waals surface area (Å²) in [6.45, 7) is 2.41. The fourth-order valence-corrected chi connectivity index (χ4v) is 2.33. The van der Waals surface area contributed by atoms with E-state index >= 15 is 0 Å². The molecule has 0 saturated carbocycles. The molecule has 0 N–H and O–H groups in total. The van der Waals surface area contributed by atoms with Crippen molar-refractivity contribution in [1.29, 1.82) is 0 Å². The number of rotatable bonds is 4. The molecule has 0 spiro atoms. The average molecular weight is 307 g/mol. The molecule has 0 saturated heterocycles. The number of hydrogen-bond donors (Lipinski definition) is 0. The summed E-state index contributed by atoms with van der Waals surface area (Å²) in [5.74, 6) is 2.57. The van der Waals surface area contributed by atoms with E-state index in [1.807, 2.05) is 23.8 Å². The number of aryl methyl sites for hydroxylation is 1. The van der Waals surface area contributed by atoms with Crippen molar-refractivity contribution >= 4 is 0 Å². The molecule has 7 nitrogen and oxygen atoms in total. The first-order valence-corrected chi connectivity index (χ1v) is 7.09. The number of hydrogen-bond acceptors (Lipinski definition) is 6. The van der Waals surface area contributed by atoms with E-state index in [9.17, 15) is 0 Å². The average Bonchev–Trinajstić information content (AvgIpc) is 3.30. The van der Waals surface area contributed by atoms with Gasteiger partial charge in [-0.1, -0.05) is 0 Å². The first-order valence-electron chi connectivity index (χ1n) is 7.09. The van der Waals surface area contributed by atoms with Crippen molar-refractivity contribution < 1.29 is 8.83 Å². The molecule has 0 bridgehead atoms. The minimum Gasteiger partial charge on any atom is -0.459 e. The molecule has 0 atom stereocenters. The fourth-order valence-electron chi connectivity index (χ4n) is 2.33. The van der Waals surface area contributed by atoms with E-state index < -0.39 is 0 Å². The van der Waals surface area contributed by atoms with Crippen LogP contribution < -0.4 is 0 Å². The third-order valence-electron chi connectivity index (χ3n) is 3.45. The highest BCUT2D eigenvalue weighted by Gasteiger charge is 2.15. The van der Waals surface area contributed by atoms with E-state index in [-0.39, 0.29) is 0 Å². The highest BCUT2D eigenvalue weighted by molar-refractivity contribution is 5.48. The van der Waals surface area contributed by atoms with Gasteiger partial charge in [-0.2, -0.15) is 0 Å². The molecule has 0 radical (unpaired) electrons. The zero-order chi connectivity index (χ0) is 15.6. The Morgan fingerprint density at radius 3 is 2.91 bits per heavy atom. The molecule has 0 aliphatic carbocycles. The molecule has 0 amide bonds.